The maximum absolute atomic E-state index is 11.6. The van der Waals surface area contributed by atoms with Crippen molar-refractivity contribution in [2.24, 2.45) is 0 Å². The first-order valence-corrected chi connectivity index (χ1v) is 6.13. The molecule has 1 amide bonds. The van der Waals surface area contributed by atoms with Crippen LogP contribution in [0.15, 0.2) is 29.2 Å². The highest BCUT2D eigenvalue weighted by molar-refractivity contribution is 8.00. The minimum Gasteiger partial charge on any atom is -0.392 e. The van der Waals surface area contributed by atoms with Gasteiger partial charge in [0.05, 0.1) is 18.4 Å². The van der Waals surface area contributed by atoms with Gasteiger partial charge in [0, 0.05) is 4.90 Å². The monoisotopic (exact) mass is 249 g/mol. The van der Waals surface area contributed by atoms with E-state index in [1.54, 1.807) is 0 Å². The van der Waals surface area contributed by atoms with Gasteiger partial charge in [0.25, 0.3) is 0 Å². The molecule has 90 valence electrons. The summed E-state index contributed by atoms with van der Waals surface area (Å²) < 4.78 is 0. The second-order valence-electron chi connectivity index (χ2n) is 3.48. The number of carbonyl (C=O) groups excluding carboxylic acids is 1. The number of aliphatic hydroxyl groups is 1. The quantitative estimate of drug-likeness (QED) is 0.613. The molecule has 0 saturated heterocycles. The summed E-state index contributed by atoms with van der Waals surface area (Å²) in [6.45, 7) is 2.12. The van der Waals surface area contributed by atoms with Gasteiger partial charge in [0.15, 0.2) is 0 Å². The molecule has 0 saturated carbocycles. The van der Waals surface area contributed by atoms with Crippen molar-refractivity contribution in [3.8, 4) is 12.3 Å². The van der Waals surface area contributed by atoms with Gasteiger partial charge in [-0.1, -0.05) is 18.1 Å². The van der Waals surface area contributed by atoms with Crippen LogP contribution in [0.4, 0.5) is 0 Å². The van der Waals surface area contributed by atoms with E-state index in [2.05, 4.69) is 11.2 Å². The second kappa shape index (κ2) is 7.00. The van der Waals surface area contributed by atoms with Crippen LogP contribution in [0.3, 0.4) is 0 Å². The number of thioether (sulfide) groups is 1. The Labute approximate surface area is 106 Å². The number of hydrogen-bond donors (Lipinski definition) is 2. The predicted octanol–water partition coefficient (Wildman–Crippen LogP) is 1.41. The third-order valence-corrected chi connectivity index (χ3v) is 3.26. The van der Waals surface area contributed by atoms with Crippen LogP contribution in [0.1, 0.15) is 12.5 Å². The summed E-state index contributed by atoms with van der Waals surface area (Å²) in [5, 5.41) is 11.4. The standard InChI is InChI=1S/C13H15NO2S/c1-3-8-14-13(16)10(2)17-12-6-4-11(9-15)5-7-12/h1,4-7,10,15H,8-9H2,2H3,(H,14,16). The average molecular weight is 249 g/mol. The van der Waals surface area contributed by atoms with E-state index in [4.69, 9.17) is 11.5 Å². The molecule has 0 aromatic heterocycles. The molecule has 1 atom stereocenters. The van der Waals surface area contributed by atoms with Crippen LogP contribution < -0.4 is 5.32 Å². The first-order valence-electron chi connectivity index (χ1n) is 5.25. The SMILES string of the molecule is C#CCNC(=O)C(C)Sc1ccc(CO)cc1. The molecule has 3 nitrogen and oxygen atoms in total. The van der Waals surface area contributed by atoms with Crippen molar-refractivity contribution in [2.45, 2.75) is 23.7 Å². The molecular weight excluding hydrogens is 234 g/mol. The molecule has 4 heteroatoms. The van der Waals surface area contributed by atoms with Crippen molar-refractivity contribution in [2.75, 3.05) is 6.54 Å². The summed E-state index contributed by atoms with van der Waals surface area (Å²) in [5.74, 6) is 2.29. The first-order chi connectivity index (χ1) is 8.17. The molecule has 1 aromatic rings. The smallest absolute Gasteiger partial charge is 0.233 e. The van der Waals surface area contributed by atoms with Crippen LogP contribution in [-0.4, -0.2) is 22.8 Å². The lowest BCUT2D eigenvalue weighted by Gasteiger charge is -2.10. The molecule has 1 rings (SSSR count). The molecule has 0 fully saturated rings. The minimum atomic E-state index is -0.191. The number of carbonyl (C=O) groups is 1. The average Bonchev–Trinajstić information content (AvgIpc) is 2.36. The molecule has 0 aliphatic heterocycles. The molecule has 0 bridgehead atoms. The summed E-state index contributed by atoms with van der Waals surface area (Å²) in [7, 11) is 0. The van der Waals surface area contributed by atoms with Gasteiger partial charge in [-0.25, -0.2) is 0 Å². The van der Waals surface area contributed by atoms with Crippen LogP contribution in [0, 0.1) is 12.3 Å². The summed E-state index contributed by atoms with van der Waals surface area (Å²) in [4.78, 5) is 12.6. The highest BCUT2D eigenvalue weighted by Gasteiger charge is 2.13. The Morgan fingerprint density at radius 3 is 2.71 bits per heavy atom. The van der Waals surface area contributed by atoms with Crippen LogP contribution in [0.25, 0.3) is 0 Å². The molecule has 1 aromatic carbocycles. The number of nitrogens with one attached hydrogen (secondary N) is 1. The highest BCUT2D eigenvalue weighted by Crippen LogP contribution is 2.23. The first kappa shape index (κ1) is 13.6. The van der Waals surface area contributed by atoms with E-state index in [9.17, 15) is 4.79 Å². The van der Waals surface area contributed by atoms with Gasteiger partial charge in [-0.15, -0.1) is 18.2 Å². The largest absolute Gasteiger partial charge is 0.392 e. The molecule has 17 heavy (non-hydrogen) atoms. The minimum absolute atomic E-state index is 0.0309. The van der Waals surface area contributed by atoms with Crippen molar-refractivity contribution >= 4 is 17.7 Å². The summed E-state index contributed by atoms with van der Waals surface area (Å²) in [5.41, 5.74) is 0.860. The van der Waals surface area contributed by atoms with Gasteiger partial charge in [0.1, 0.15) is 0 Å². The highest BCUT2D eigenvalue weighted by atomic mass is 32.2. The van der Waals surface area contributed by atoms with Crippen molar-refractivity contribution in [1.82, 2.24) is 5.32 Å². The van der Waals surface area contributed by atoms with E-state index in [1.165, 1.54) is 11.8 Å². The fraction of sp³-hybridized carbons (Fsp3) is 0.308. The Hall–Kier alpha value is -1.44. The second-order valence-corrected chi connectivity index (χ2v) is 4.90. The molecule has 2 N–H and O–H groups in total. The molecule has 0 heterocycles. The van der Waals surface area contributed by atoms with E-state index in [0.29, 0.717) is 0 Å². The van der Waals surface area contributed by atoms with Crippen LogP contribution in [0.2, 0.25) is 0 Å². The lowest BCUT2D eigenvalue weighted by Crippen LogP contribution is -2.30. The van der Waals surface area contributed by atoms with Gasteiger partial charge < -0.3 is 10.4 Å². The Bertz CT molecular complexity index is 408. The molecular formula is C13H15NO2S. The zero-order valence-electron chi connectivity index (χ0n) is 9.64. The number of rotatable bonds is 5. The third-order valence-electron chi connectivity index (χ3n) is 2.15. The number of aliphatic hydroxyl groups excluding tert-OH is 1. The Balaban J connectivity index is 2.52. The molecule has 0 aliphatic carbocycles. The molecule has 0 aliphatic rings. The van der Waals surface area contributed by atoms with Crippen molar-refractivity contribution in [3.05, 3.63) is 29.8 Å². The van der Waals surface area contributed by atoms with Gasteiger partial charge in [-0.3, -0.25) is 4.79 Å². The maximum atomic E-state index is 11.6. The maximum Gasteiger partial charge on any atom is 0.233 e. The fourth-order valence-corrected chi connectivity index (χ4v) is 2.10. The molecule has 0 radical (unpaired) electrons. The Morgan fingerprint density at radius 2 is 2.18 bits per heavy atom. The number of hydrogen-bond acceptors (Lipinski definition) is 3. The van der Waals surface area contributed by atoms with E-state index in [0.717, 1.165) is 10.5 Å². The van der Waals surface area contributed by atoms with Crippen LogP contribution in [-0.2, 0) is 11.4 Å². The summed E-state index contributed by atoms with van der Waals surface area (Å²) in [6, 6.07) is 7.46. The summed E-state index contributed by atoms with van der Waals surface area (Å²) in [6.07, 6.45) is 5.07. The fourth-order valence-electron chi connectivity index (χ4n) is 1.21. The normalized spacial score (nSPS) is 11.6. The van der Waals surface area contributed by atoms with Crippen molar-refractivity contribution in [1.29, 1.82) is 0 Å². The molecule has 1 unspecified atom stereocenters. The van der Waals surface area contributed by atoms with Crippen molar-refractivity contribution in [3.63, 3.8) is 0 Å². The zero-order chi connectivity index (χ0) is 12.7. The van der Waals surface area contributed by atoms with Crippen molar-refractivity contribution < 1.29 is 9.90 Å². The lowest BCUT2D eigenvalue weighted by molar-refractivity contribution is -0.120. The number of benzene rings is 1. The predicted molar refractivity (Wildman–Crippen MR) is 69.5 cm³/mol. The van der Waals surface area contributed by atoms with E-state index >= 15 is 0 Å². The summed E-state index contributed by atoms with van der Waals surface area (Å²) >= 11 is 1.46. The zero-order valence-corrected chi connectivity index (χ0v) is 10.5. The van der Waals surface area contributed by atoms with Gasteiger partial charge >= 0.3 is 0 Å². The Morgan fingerprint density at radius 1 is 1.53 bits per heavy atom. The van der Waals surface area contributed by atoms with E-state index < -0.39 is 0 Å². The van der Waals surface area contributed by atoms with Gasteiger partial charge in [0.2, 0.25) is 5.91 Å². The van der Waals surface area contributed by atoms with E-state index in [1.807, 2.05) is 31.2 Å². The van der Waals surface area contributed by atoms with Gasteiger partial charge in [-0.05, 0) is 24.6 Å². The number of amides is 1. The Kier molecular flexibility index (Phi) is 5.61. The van der Waals surface area contributed by atoms with E-state index in [-0.39, 0.29) is 24.3 Å². The lowest BCUT2D eigenvalue weighted by atomic mass is 10.2. The third kappa shape index (κ3) is 4.51. The number of terminal acetylenes is 1. The van der Waals surface area contributed by atoms with Gasteiger partial charge in [-0.2, -0.15) is 0 Å². The van der Waals surface area contributed by atoms with Crippen LogP contribution >= 0.6 is 11.8 Å². The topological polar surface area (TPSA) is 49.3 Å². The van der Waals surface area contributed by atoms with Crippen LogP contribution in [0.5, 0.6) is 0 Å². The molecule has 0 spiro atoms.